The number of nitrogens with zero attached hydrogens (tertiary/aromatic N) is 2. The highest BCUT2D eigenvalue weighted by molar-refractivity contribution is 5.96. The predicted octanol–water partition coefficient (Wildman–Crippen LogP) is 3.37. The van der Waals surface area contributed by atoms with Gasteiger partial charge in [-0.05, 0) is 88.3 Å². The Bertz CT molecular complexity index is 1030. The number of hydrogen-bond acceptors (Lipinski definition) is 6. The van der Waals surface area contributed by atoms with Crippen LogP contribution >= 0.6 is 0 Å². The third-order valence-electron chi connectivity index (χ3n) is 6.06. The summed E-state index contributed by atoms with van der Waals surface area (Å²) in [6.45, 7) is 6.12. The zero-order valence-electron chi connectivity index (χ0n) is 22.8. The molecule has 0 radical (unpaired) electrons. The second-order valence-corrected chi connectivity index (χ2v) is 9.84. The summed E-state index contributed by atoms with van der Waals surface area (Å²) in [5.74, 6) is 1.08. The molecule has 0 aromatic heterocycles. The Balaban J connectivity index is 1.21. The largest absolute Gasteiger partial charge is 0.494 e. The first-order chi connectivity index (χ1) is 18.5. The smallest absolute Gasteiger partial charge is 0.244 e. The maximum Gasteiger partial charge on any atom is 0.244 e. The van der Waals surface area contributed by atoms with Crippen LogP contribution in [-0.4, -0.2) is 75.1 Å². The summed E-state index contributed by atoms with van der Waals surface area (Å²) in [6, 6.07) is 16.2. The minimum absolute atomic E-state index is 0.298. The van der Waals surface area contributed by atoms with Gasteiger partial charge in [0.2, 0.25) is 11.8 Å². The Morgan fingerprint density at radius 3 is 1.92 bits per heavy atom. The first-order valence-corrected chi connectivity index (χ1v) is 13.5. The van der Waals surface area contributed by atoms with Gasteiger partial charge in [0.25, 0.3) is 0 Å². The van der Waals surface area contributed by atoms with Crippen molar-refractivity contribution in [3.05, 3.63) is 71.8 Å². The molecule has 0 spiro atoms. The van der Waals surface area contributed by atoms with Crippen LogP contribution in [-0.2, 0) is 22.7 Å². The summed E-state index contributed by atoms with van der Waals surface area (Å²) >= 11 is 0. The van der Waals surface area contributed by atoms with Gasteiger partial charge in [-0.15, -0.1) is 0 Å². The van der Waals surface area contributed by atoms with Gasteiger partial charge in [0.1, 0.15) is 11.5 Å². The zero-order valence-corrected chi connectivity index (χ0v) is 22.8. The van der Waals surface area contributed by atoms with Crippen molar-refractivity contribution in [3.63, 3.8) is 0 Å². The maximum atomic E-state index is 12.0. The number of rotatable bonds is 16. The van der Waals surface area contributed by atoms with E-state index in [2.05, 4.69) is 38.6 Å². The molecule has 2 N–H and O–H groups in total. The molecule has 1 heterocycles. The molecule has 0 aliphatic carbocycles. The molecule has 0 bridgehead atoms. The molecule has 1 fully saturated rings. The summed E-state index contributed by atoms with van der Waals surface area (Å²) in [7, 11) is 4.06. The lowest BCUT2D eigenvalue weighted by Gasteiger charge is -2.15. The lowest BCUT2D eigenvalue weighted by molar-refractivity contribution is -0.118. The number of carbonyl (C=O) groups is 2. The van der Waals surface area contributed by atoms with Gasteiger partial charge in [-0.2, -0.15) is 0 Å². The van der Waals surface area contributed by atoms with E-state index < -0.39 is 0 Å². The Kier molecular flexibility index (Phi) is 12.7. The number of nitrogens with one attached hydrogen (secondary N) is 2. The Hall–Kier alpha value is -3.36. The van der Waals surface area contributed by atoms with Crippen LogP contribution in [0, 0.1) is 0 Å². The van der Waals surface area contributed by atoms with Crippen LogP contribution in [0.5, 0.6) is 11.5 Å². The molecule has 3 rings (SSSR count). The monoisotopic (exact) mass is 522 g/mol. The lowest BCUT2D eigenvalue weighted by atomic mass is 10.2. The van der Waals surface area contributed by atoms with E-state index >= 15 is 0 Å². The fraction of sp³-hybridized carbons (Fsp3) is 0.467. The van der Waals surface area contributed by atoms with E-state index in [-0.39, 0.29) is 11.8 Å². The molecule has 0 atom stereocenters. The number of hydrogen-bond donors (Lipinski definition) is 2. The van der Waals surface area contributed by atoms with Crippen molar-refractivity contribution >= 4 is 11.8 Å². The molecular weight excluding hydrogens is 480 g/mol. The highest BCUT2D eigenvalue weighted by atomic mass is 16.5. The zero-order chi connectivity index (χ0) is 27.0. The van der Waals surface area contributed by atoms with Crippen LogP contribution in [0.4, 0.5) is 0 Å². The van der Waals surface area contributed by atoms with Gasteiger partial charge in [-0.25, -0.2) is 0 Å². The molecule has 1 aliphatic heterocycles. The molecule has 2 aromatic rings. The van der Waals surface area contributed by atoms with E-state index in [0.29, 0.717) is 39.1 Å². The Morgan fingerprint density at radius 1 is 0.842 bits per heavy atom. The van der Waals surface area contributed by atoms with Gasteiger partial charge in [0.05, 0.1) is 13.2 Å². The second kappa shape index (κ2) is 16.5. The average molecular weight is 523 g/mol. The molecular formula is C30H42N4O4. The highest BCUT2D eigenvalue weighted by Crippen LogP contribution is 2.18. The molecule has 8 heteroatoms. The molecule has 2 aromatic carbocycles. The van der Waals surface area contributed by atoms with Crippen LogP contribution < -0.4 is 20.1 Å². The van der Waals surface area contributed by atoms with Gasteiger partial charge in [0.15, 0.2) is 0 Å². The number of ether oxygens (including phenoxy) is 2. The molecule has 1 aliphatic rings. The van der Waals surface area contributed by atoms with Crippen molar-refractivity contribution in [3.8, 4) is 11.5 Å². The van der Waals surface area contributed by atoms with Crippen molar-refractivity contribution in [2.75, 3.05) is 53.5 Å². The van der Waals surface area contributed by atoms with E-state index in [0.717, 1.165) is 24.6 Å². The fourth-order valence-electron chi connectivity index (χ4n) is 4.25. The average Bonchev–Trinajstić information content (AvgIpc) is 3.40. The SMILES string of the molecule is CN(C)Cc1cccc(OCCCNC(=O)/C=C/C(=O)NCCCOc2cccc(CN3CCCC3)c2)c1. The number of likely N-dealkylation sites (tertiary alicyclic amines) is 1. The van der Waals surface area contributed by atoms with Crippen molar-refractivity contribution in [1.29, 1.82) is 0 Å². The summed E-state index contributed by atoms with van der Waals surface area (Å²) < 4.78 is 11.6. The van der Waals surface area contributed by atoms with Crippen molar-refractivity contribution in [1.82, 2.24) is 20.4 Å². The highest BCUT2D eigenvalue weighted by Gasteiger charge is 2.11. The van der Waals surface area contributed by atoms with Crippen LogP contribution in [0.25, 0.3) is 0 Å². The van der Waals surface area contributed by atoms with Gasteiger partial charge in [-0.3, -0.25) is 14.5 Å². The summed E-state index contributed by atoms with van der Waals surface area (Å²) in [4.78, 5) is 28.5. The van der Waals surface area contributed by atoms with Crippen molar-refractivity contribution in [2.24, 2.45) is 0 Å². The Labute approximate surface area is 227 Å². The minimum Gasteiger partial charge on any atom is -0.494 e. The summed E-state index contributed by atoms with van der Waals surface area (Å²) in [5.41, 5.74) is 2.45. The molecule has 1 saturated heterocycles. The van der Waals surface area contributed by atoms with Crippen LogP contribution in [0.3, 0.4) is 0 Å². The third kappa shape index (κ3) is 11.8. The maximum absolute atomic E-state index is 12.0. The van der Waals surface area contributed by atoms with Crippen LogP contribution in [0.1, 0.15) is 36.8 Å². The minimum atomic E-state index is -0.301. The van der Waals surface area contributed by atoms with E-state index in [1.165, 1.54) is 49.2 Å². The van der Waals surface area contributed by atoms with Crippen LogP contribution in [0.2, 0.25) is 0 Å². The molecule has 38 heavy (non-hydrogen) atoms. The van der Waals surface area contributed by atoms with Crippen molar-refractivity contribution in [2.45, 2.75) is 38.8 Å². The summed E-state index contributed by atoms with van der Waals surface area (Å²) in [6.07, 6.45) is 6.43. The second-order valence-electron chi connectivity index (χ2n) is 9.84. The number of benzene rings is 2. The van der Waals surface area contributed by atoms with E-state index in [1.54, 1.807) is 0 Å². The predicted molar refractivity (Wildman–Crippen MR) is 150 cm³/mol. The van der Waals surface area contributed by atoms with Gasteiger partial charge < -0.3 is 25.0 Å². The molecule has 0 saturated carbocycles. The first-order valence-electron chi connectivity index (χ1n) is 13.5. The molecule has 0 unspecified atom stereocenters. The lowest BCUT2D eigenvalue weighted by Crippen LogP contribution is -2.26. The van der Waals surface area contributed by atoms with E-state index in [1.807, 2.05) is 44.4 Å². The molecule has 206 valence electrons. The topological polar surface area (TPSA) is 83.1 Å². The molecule has 2 amide bonds. The quantitative estimate of drug-likeness (QED) is 0.260. The van der Waals surface area contributed by atoms with Gasteiger partial charge >= 0.3 is 0 Å². The fourth-order valence-corrected chi connectivity index (χ4v) is 4.25. The van der Waals surface area contributed by atoms with Crippen molar-refractivity contribution < 1.29 is 19.1 Å². The number of carbonyl (C=O) groups excluding carboxylic acids is 2. The standard InChI is InChI=1S/C30H42N4O4/c1-33(2)23-25-9-5-11-27(21-25)37-19-7-15-31-29(35)13-14-30(36)32-16-8-20-38-28-12-6-10-26(22-28)24-34-17-3-4-18-34/h5-6,9-14,21-22H,3-4,7-8,15-20,23-24H2,1-2H3,(H,31,35)(H,32,36)/b14-13+. The third-order valence-corrected chi connectivity index (χ3v) is 6.06. The number of amides is 2. The Morgan fingerprint density at radius 2 is 1.37 bits per heavy atom. The van der Waals surface area contributed by atoms with Gasteiger partial charge in [-0.1, -0.05) is 24.3 Å². The summed E-state index contributed by atoms with van der Waals surface area (Å²) in [5, 5.41) is 5.55. The first kappa shape index (κ1) is 29.2. The van der Waals surface area contributed by atoms with E-state index in [9.17, 15) is 9.59 Å². The van der Waals surface area contributed by atoms with E-state index in [4.69, 9.17) is 9.47 Å². The van der Waals surface area contributed by atoms with Crippen LogP contribution in [0.15, 0.2) is 60.7 Å². The molecule has 8 nitrogen and oxygen atoms in total. The van der Waals surface area contributed by atoms with Gasteiger partial charge in [0, 0.05) is 38.3 Å². The normalized spacial score (nSPS) is 13.7.